The maximum absolute atomic E-state index is 12.3. The van der Waals surface area contributed by atoms with Crippen LogP contribution in [0.3, 0.4) is 0 Å². The quantitative estimate of drug-likeness (QED) is 0.883. The Balaban J connectivity index is 2.19. The van der Waals surface area contributed by atoms with Gasteiger partial charge < -0.3 is 5.32 Å². The van der Waals surface area contributed by atoms with Gasteiger partial charge in [-0.2, -0.15) is 0 Å². The summed E-state index contributed by atoms with van der Waals surface area (Å²) in [6.45, 7) is 4.19. The normalized spacial score (nSPS) is 12.2. The van der Waals surface area contributed by atoms with E-state index >= 15 is 0 Å². The first-order valence-corrected chi connectivity index (χ1v) is 7.07. The molecule has 3 heteroatoms. The molecule has 0 heterocycles. The number of hydrogen-bond donors (Lipinski definition) is 1. The van der Waals surface area contributed by atoms with Crippen molar-refractivity contribution in [2.75, 3.05) is 0 Å². The van der Waals surface area contributed by atoms with Crippen molar-refractivity contribution < 1.29 is 4.79 Å². The van der Waals surface area contributed by atoms with Crippen molar-refractivity contribution >= 4 is 17.5 Å². The van der Waals surface area contributed by atoms with E-state index < -0.39 is 0 Å². The second-order valence-corrected chi connectivity index (χ2v) is 5.55. The molecular weight excluding hydrogens is 270 g/mol. The number of halogens is 1. The van der Waals surface area contributed by atoms with Crippen molar-refractivity contribution in [1.82, 2.24) is 5.32 Å². The summed E-state index contributed by atoms with van der Waals surface area (Å²) in [5.41, 5.74) is 1.69. The third kappa shape index (κ3) is 3.61. The zero-order valence-electron chi connectivity index (χ0n) is 11.6. The number of carbonyl (C=O) groups excluding carboxylic acids is 1. The van der Waals surface area contributed by atoms with E-state index in [4.69, 9.17) is 11.6 Å². The highest BCUT2D eigenvalue weighted by Gasteiger charge is 2.18. The lowest BCUT2D eigenvalue weighted by atomic mass is 9.95. The van der Waals surface area contributed by atoms with Crippen LogP contribution in [0.15, 0.2) is 54.6 Å². The van der Waals surface area contributed by atoms with E-state index in [1.54, 1.807) is 24.3 Å². The van der Waals surface area contributed by atoms with Gasteiger partial charge >= 0.3 is 0 Å². The molecule has 1 amide bonds. The van der Waals surface area contributed by atoms with E-state index in [1.165, 1.54) is 0 Å². The Morgan fingerprint density at radius 1 is 1.05 bits per heavy atom. The summed E-state index contributed by atoms with van der Waals surface area (Å²) in [6, 6.07) is 17.0. The van der Waals surface area contributed by atoms with Gasteiger partial charge in [-0.3, -0.25) is 4.79 Å². The Morgan fingerprint density at radius 3 is 2.35 bits per heavy atom. The molecule has 0 aliphatic rings. The first kappa shape index (κ1) is 14.6. The molecule has 1 N–H and O–H groups in total. The fourth-order valence-electron chi connectivity index (χ4n) is 2.15. The Labute approximate surface area is 124 Å². The standard InChI is InChI=1S/C17H18ClNO/c1-12(2)16(13-7-4-3-5-8-13)19-17(20)14-9-6-10-15(18)11-14/h3-12,16H,1-2H3,(H,19,20)/t16-/m0/s1. The van der Waals surface area contributed by atoms with Crippen LogP contribution in [0.1, 0.15) is 35.8 Å². The Hall–Kier alpha value is -1.80. The molecule has 0 aromatic heterocycles. The average molecular weight is 288 g/mol. The molecule has 2 aromatic carbocycles. The molecule has 0 radical (unpaired) electrons. The maximum Gasteiger partial charge on any atom is 0.251 e. The van der Waals surface area contributed by atoms with Gasteiger partial charge in [0, 0.05) is 10.6 Å². The number of hydrogen-bond acceptors (Lipinski definition) is 1. The molecule has 0 aliphatic carbocycles. The molecule has 0 fully saturated rings. The van der Waals surface area contributed by atoms with Crippen molar-refractivity contribution in [3.63, 3.8) is 0 Å². The molecule has 0 unspecified atom stereocenters. The van der Waals surface area contributed by atoms with Gasteiger partial charge in [-0.05, 0) is 29.7 Å². The van der Waals surface area contributed by atoms with Gasteiger partial charge in [0.15, 0.2) is 0 Å². The van der Waals surface area contributed by atoms with Crippen molar-refractivity contribution in [1.29, 1.82) is 0 Å². The molecule has 0 aliphatic heterocycles. The van der Waals surface area contributed by atoms with Gasteiger partial charge in [0.05, 0.1) is 6.04 Å². The molecular formula is C17H18ClNO. The Kier molecular flexibility index (Phi) is 4.80. The summed E-state index contributed by atoms with van der Waals surface area (Å²) in [7, 11) is 0. The highest BCUT2D eigenvalue weighted by Crippen LogP contribution is 2.22. The summed E-state index contributed by atoms with van der Waals surface area (Å²) in [4.78, 5) is 12.3. The maximum atomic E-state index is 12.3. The molecule has 1 atom stereocenters. The summed E-state index contributed by atoms with van der Waals surface area (Å²) in [5.74, 6) is 0.204. The molecule has 2 aromatic rings. The highest BCUT2D eigenvalue weighted by atomic mass is 35.5. The van der Waals surface area contributed by atoms with Crippen molar-refractivity contribution in [3.8, 4) is 0 Å². The Bertz CT molecular complexity index is 581. The number of nitrogens with one attached hydrogen (secondary N) is 1. The van der Waals surface area contributed by atoms with Crippen LogP contribution in [-0.2, 0) is 0 Å². The van der Waals surface area contributed by atoms with Gasteiger partial charge in [0.25, 0.3) is 5.91 Å². The minimum atomic E-state index is -0.102. The van der Waals surface area contributed by atoms with Crippen LogP contribution in [0.25, 0.3) is 0 Å². The van der Waals surface area contributed by atoms with E-state index in [9.17, 15) is 4.79 Å². The van der Waals surface area contributed by atoms with Crippen LogP contribution in [0.5, 0.6) is 0 Å². The first-order valence-electron chi connectivity index (χ1n) is 6.69. The molecule has 0 saturated carbocycles. The number of carbonyl (C=O) groups is 1. The van der Waals surface area contributed by atoms with Gasteiger partial charge in [0.2, 0.25) is 0 Å². The molecule has 2 nitrogen and oxygen atoms in total. The fourth-order valence-corrected chi connectivity index (χ4v) is 2.34. The predicted octanol–water partition coefficient (Wildman–Crippen LogP) is 4.47. The summed E-state index contributed by atoms with van der Waals surface area (Å²) in [5, 5.41) is 3.65. The predicted molar refractivity (Wildman–Crippen MR) is 82.9 cm³/mol. The topological polar surface area (TPSA) is 29.1 Å². The summed E-state index contributed by atoms with van der Waals surface area (Å²) >= 11 is 5.93. The van der Waals surface area contributed by atoms with Crippen LogP contribution < -0.4 is 5.32 Å². The molecule has 104 valence electrons. The van der Waals surface area contributed by atoms with Crippen molar-refractivity contribution in [3.05, 3.63) is 70.7 Å². The largest absolute Gasteiger partial charge is 0.345 e. The van der Waals surface area contributed by atoms with Crippen LogP contribution >= 0.6 is 11.6 Å². The van der Waals surface area contributed by atoms with E-state index in [0.29, 0.717) is 16.5 Å². The second-order valence-electron chi connectivity index (χ2n) is 5.12. The third-order valence-corrected chi connectivity index (χ3v) is 3.43. The second kappa shape index (κ2) is 6.58. The molecule has 0 bridgehead atoms. The monoisotopic (exact) mass is 287 g/mol. The lowest BCUT2D eigenvalue weighted by molar-refractivity contribution is 0.0925. The smallest absolute Gasteiger partial charge is 0.251 e. The molecule has 20 heavy (non-hydrogen) atoms. The van der Waals surface area contributed by atoms with Crippen molar-refractivity contribution in [2.24, 2.45) is 5.92 Å². The van der Waals surface area contributed by atoms with E-state index in [0.717, 1.165) is 5.56 Å². The summed E-state index contributed by atoms with van der Waals surface area (Å²) in [6.07, 6.45) is 0. The van der Waals surface area contributed by atoms with E-state index in [2.05, 4.69) is 19.2 Å². The fraction of sp³-hybridized carbons (Fsp3) is 0.235. The average Bonchev–Trinajstić information content (AvgIpc) is 2.45. The van der Waals surface area contributed by atoms with Crippen LogP contribution in [0.4, 0.5) is 0 Å². The van der Waals surface area contributed by atoms with Gasteiger partial charge in [-0.25, -0.2) is 0 Å². The lowest BCUT2D eigenvalue weighted by Gasteiger charge is -2.23. The van der Waals surface area contributed by atoms with Gasteiger partial charge in [0.1, 0.15) is 0 Å². The zero-order chi connectivity index (χ0) is 14.5. The Morgan fingerprint density at radius 2 is 1.75 bits per heavy atom. The van der Waals surface area contributed by atoms with Crippen LogP contribution in [0, 0.1) is 5.92 Å². The minimum Gasteiger partial charge on any atom is -0.345 e. The van der Waals surface area contributed by atoms with Gasteiger partial charge in [-0.15, -0.1) is 0 Å². The van der Waals surface area contributed by atoms with Crippen LogP contribution in [-0.4, -0.2) is 5.91 Å². The number of rotatable bonds is 4. The lowest BCUT2D eigenvalue weighted by Crippen LogP contribution is -2.31. The van der Waals surface area contributed by atoms with Gasteiger partial charge in [-0.1, -0.05) is 61.8 Å². The van der Waals surface area contributed by atoms with Crippen molar-refractivity contribution in [2.45, 2.75) is 19.9 Å². The molecule has 0 saturated heterocycles. The SMILES string of the molecule is CC(C)[C@H](NC(=O)c1cccc(Cl)c1)c1ccccc1. The molecule has 0 spiro atoms. The van der Waals surface area contributed by atoms with E-state index in [-0.39, 0.29) is 11.9 Å². The zero-order valence-corrected chi connectivity index (χ0v) is 12.4. The van der Waals surface area contributed by atoms with E-state index in [1.807, 2.05) is 30.3 Å². The number of benzene rings is 2. The number of amides is 1. The third-order valence-electron chi connectivity index (χ3n) is 3.20. The minimum absolute atomic E-state index is 0.0114. The summed E-state index contributed by atoms with van der Waals surface area (Å²) < 4.78 is 0. The van der Waals surface area contributed by atoms with Crippen LogP contribution in [0.2, 0.25) is 5.02 Å². The molecule has 2 rings (SSSR count). The highest BCUT2D eigenvalue weighted by molar-refractivity contribution is 6.30. The first-order chi connectivity index (χ1) is 9.58.